The lowest BCUT2D eigenvalue weighted by Gasteiger charge is -2.42. The number of phenolic OH excluding ortho intramolecular Hbond substituents is 1. The summed E-state index contributed by atoms with van der Waals surface area (Å²) in [5.41, 5.74) is 3.67. The zero-order valence-electron chi connectivity index (χ0n) is 17.3. The van der Waals surface area contributed by atoms with Crippen LogP contribution in [-0.2, 0) is 11.2 Å². The van der Waals surface area contributed by atoms with Crippen LogP contribution in [0.4, 0.5) is 5.69 Å². The lowest BCUT2D eigenvalue weighted by Crippen LogP contribution is -2.47. The Morgan fingerprint density at radius 1 is 1.32 bits per heavy atom. The lowest BCUT2D eigenvalue weighted by atomic mass is 9.86. The first-order valence-electron chi connectivity index (χ1n) is 9.94. The Labute approximate surface area is 194 Å². The van der Waals surface area contributed by atoms with Crippen LogP contribution in [0.5, 0.6) is 11.5 Å². The average Bonchev–Trinajstić information content (AvgIpc) is 2.80. The van der Waals surface area contributed by atoms with Crippen molar-refractivity contribution in [2.45, 2.75) is 25.7 Å². The summed E-state index contributed by atoms with van der Waals surface area (Å²) in [7, 11) is 1.47. The second-order valence-corrected chi connectivity index (χ2v) is 9.23. The van der Waals surface area contributed by atoms with Gasteiger partial charge in [-0.05, 0) is 57.7 Å². The average molecular weight is 500 g/mol. The van der Waals surface area contributed by atoms with Crippen LogP contribution < -0.4 is 9.64 Å². The normalized spacial score (nSPS) is 18.6. The van der Waals surface area contributed by atoms with Crippen LogP contribution >= 0.6 is 27.7 Å². The van der Waals surface area contributed by atoms with Crippen molar-refractivity contribution in [1.29, 1.82) is 5.26 Å². The quantitative estimate of drug-likeness (QED) is 0.641. The van der Waals surface area contributed by atoms with Gasteiger partial charge in [-0.25, -0.2) is 0 Å². The number of rotatable bonds is 4. The van der Waals surface area contributed by atoms with Crippen LogP contribution in [0.2, 0.25) is 0 Å². The molecule has 2 aliphatic rings. The fraction of sp³-hybridized carbons (Fsp3) is 0.304. The van der Waals surface area contributed by atoms with E-state index < -0.39 is 0 Å². The number of amides is 1. The largest absolute Gasteiger partial charge is 0.503 e. The number of hydrogen-bond acceptors (Lipinski definition) is 6. The maximum atomic E-state index is 13.1. The number of ether oxygens (including phenoxy) is 1. The third-order valence-electron chi connectivity index (χ3n) is 5.68. The number of benzene rings is 2. The Bertz CT molecular complexity index is 1090. The second kappa shape index (κ2) is 8.85. The van der Waals surface area contributed by atoms with Gasteiger partial charge in [-0.15, -0.1) is 0 Å². The molecule has 0 spiro atoms. The van der Waals surface area contributed by atoms with Gasteiger partial charge in [-0.1, -0.05) is 30.8 Å². The third-order valence-corrected chi connectivity index (χ3v) is 7.44. The number of hydrogen-bond donors (Lipinski definition) is 1. The van der Waals surface area contributed by atoms with Crippen molar-refractivity contribution >= 4 is 39.3 Å². The van der Waals surface area contributed by atoms with Gasteiger partial charge >= 0.3 is 0 Å². The van der Waals surface area contributed by atoms with Gasteiger partial charge in [0, 0.05) is 18.0 Å². The zero-order valence-corrected chi connectivity index (χ0v) is 19.7. The molecule has 2 aromatic carbocycles. The Kier molecular flexibility index (Phi) is 6.17. The van der Waals surface area contributed by atoms with Gasteiger partial charge in [0.15, 0.2) is 11.5 Å². The molecule has 2 heterocycles. The molecule has 1 saturated heterocycles. The van der Waals surface area contributed by atoms with Gasteiger partial charge in [-0.3, -0.25) is 9.69 Å². The lowest BCUT2D eigenvalue weighted by molar-refractivity contribution is -0.129. The molecule has 0 aliphatic carbocycles. The number of nitrogens with zero attached hydrogens (tertiary/aromatic N) is 3. The minimum absolute atomic E-state index is 0.00190. The van der Waals surface area contributed by atoms with Crippen molar-refractivity contribution in [2.24, 2.45) is 0 Å². The molecule has 0 unspecified atom stereocenters. The molecule has 1 amide bonds. The van der Waals surface area contributed by atoms with E-state index in [2.05, 4.69) is 58.1 Å². The van der Waals surface area contributed by atoms with E-state index in [1.54, 1.807) is 17.0 Å². The highest BCUT2D eigenvalue weighted by Crippen LogP contribution is 2.46. The van der Waals surface area contributed by atoms with E-state index in [4.69, 9.17) is 4.74 Å². The van der Waals surface area contributed by atoms with Crippen molar-refractivity contribution in [1.82, 2.24) is 4.90 Å². The summed E-state index contributed by atoms with van der Waals surface area (Å²) in [6.07, 6.45) is 1.17. The molecule has 0 saturated carbocycles. The Morgan fingerprint density at radius 2 is 2.06 bits per heavy atom. The maximum absolute atomic E-state index is 13.1. The van der Waals surface area contributed by atoms with Gasteiger partial charge in [0.1, 0.15) is 0 Å². The first kappa shape index (κ1) is 21.6. The highest BCUT2D eigenvalue weighted by molar-refractivity contribution is 9.10. The van der Waals surface area contributed by atoms with Gasteiger partial charge in [-0.2, -0.15) is 5.26 Å². The minimum atomic E-state index is -0.377. The first-order valence-corrected chi connectivity index (χ1v) is 11.7. The first-order chi connectivity index (χ1) is 15.0. The van der Waals surface area contributed by atoms with Gasteiger partial charge in [0.25, 0.3) is 0 Å². The molecule has 6 nitrogen and oxygen atoms in total. The van der Waals surface area contributed by atoms with Crippen molar-refractivity contribution in [3.05, 3.63) is 62.6 Å². The van der Waals surface area contributed by atoms with Gasteiger partial charge in [0.2, 0.25) is 5.91 Å². The Morgan fingerprint density at radius 3 is 2.71 bits per heavy atom. The van der Waals surface area contributed by atoms with Crippen molar-refractivity contribution in [3.63, 3.8) is 0 Å². The molecule has 0 radical (unpaired) electrons. The van der Waals surface area contributed by atoms with E-state index in [1.807, 2.05) is 0 Å². The molecule has 31 heavy (non-hydrogen) atoms. The van der Waals surface area contributed by atoms with E-state index in [-0.39, 0.29) is 24.0 Å². The van der Waals surface area contributed by atoms with Gasteiger partial charge < -0.3 is 14.7 Å². The zero-order chi connectivity index (χ0) is 22.1. The molecule has 0 bridgehead atoms. The topological polar surface area (TPSA) is 76.8 Å². The number of aryl methyl sites for hydroxylation is 1. The Balaban J connectivity index is 1.66. The molecule has 1 fully saturated rings. The number of allylic oxidation sites excluding steroid dienone is 1. The molecule has 4 rings (SSSR count). The number of anilines is 1. The summed E-state index contributed by atoms with van der Waals surface area (Å²) >= 11 is 4.85. The molecular weight excluding hydrogens is 478 g/mol. The van der Waals surface area contributed by atoms with Crippen molar-refractivity contribution in [2.75, 3.05) is 24.6 Å². The monoisotopic (exact) mass is 499 g/mol. The highest BCUT2D eigenvalue weighted by Gasteiger charge is 2.38. The van der Waals surface area contributed by atoms with E-state index in [0.717, 1.165) is 17.7 Å². The summed E-state index contributed by atoms with van der Waals surface area (Å²) in [6.45, 7) is 2.55. The number of fused-ring (bicyclic) bond motifs is 1. The van der Waals surface area contributed by atoms with E-state index in [9.17, 15) is 15.2 Å². The van der Waals surface area contributed by atoms with Crippen LogP contribution in [0.3, 0.4) is 0 Å². The standard InChI is InChI=1S/C23H22BrN3O3S/c1-3-14-4-6-16(7-5-14)26-12-27-21(28)10-17(18(11-25)23(27)31-13-26)15-8-19(24)22(29)20(9-15)30-2/h4-9,17,29H,3,10,12-13H2,1-2H3/t17-/m1/s1. The molecule has 1 atom stereocenters. The summed E-state index contributed by atoms with van der Waals surface area (Å²) < 4.78 is 5.72. The third kappa shape index (κ3) is 4.00. The summed E-state index contributed by atoms with van der Waals surface area (Å²) in [5.74, 6) is 0.560. The van der Waals surface area contributed by atoms with E-state index >= 15 is 0 Å². The maximum Gasteiger partial charge on any atom is 0.229 e. The van der Waals surface area contributed by atoms with Crippen LogP contribution in [0.1, 0.15) is 30.4 Å². The Hall–Kier alpha value is -2.63. The molecule has 0 aromatic heterocycles. The number of aromatic hydroxyl groups is 1. The number of methoxy groups -OCH3 is 1. The highest BCUT2D eigenvalue weighted by atomic mass is 79.9. The van der Waals surface area contributed by atoms with Crippen molar-refractivity contribution in [3.8, 4) is 17.6 Å². The SMILES string of the molecule is CCc1ccc(N2CSC3=C(C#N)[C@@H](c4cc(Br)c(O)c(OC)c4)CC(=O)N3C2)cc1. The molecule has 2 aromatic rings. The van der Waals surface area contributed by atoms with Crippen molar-refractivity contribution < 1.29 is 14.6 Å². The van der Waals surface area contributed by atoms with E-state index in [1.165, 1.54) is 24.4 Å². The number of thioether (sulfide) groups is 1. The number of carbonyl (C=O) groups is 1. The van der Waals surface area contributed by atoms with E-state index in [0.29, 0.717) is 33.4 Å². The summed E-state index contributed by atoms with van der Waals surface area (Å²) in [5, 5.41) is 20.8. The van der Waals surface area contributed by atoms with Crippen LogP contribution in [0.15, 0.2) is 51.5 Å². The predicted octanol–water partition coefficient (Wildman–Crippen LogP) is 4.95. The number of nitriles is 1. The van der Waals surface area contributed by atoms with Crippen LogP contribution in [-0.4, -0.2) is 35.6 Å². The molecule has 1 N–H and O–H groups in total. The van der Waals surface area contributed by atoms with Crippen LogP contribution in [0, 0.1) is 11.3 Å². The summed E-state index contributed by atoms with van der Waals surface area (Å²) in [4.78, 5) is 17.0. The smallest absolute Gasteiger partial charge is 0.229 e. The number of halogens is 1. The molecule has 2 aliphatic heterocycles. The molecular formula is C23H22BrN3O3S. The molecule has 160 valence electrons. The fourth-order valence-corrected chi connectivity index (χ4v) is 5.53. The van der Waals surface area contributed by atoms with Gasteiger partial charge in [0.05, 0.1) is 40.8 Å². The number of phenols is 1. The summed E-state index contributed by atoms with van der Waals surface area (Å²) in [6, 6.07) is 14.2. The van der Waals surface area contributed by atoms with Crippen LogP contribution in [0.25, 0.3) is 0 Å². The number of carbonyl (C=O) groups excluding carboxylic acids is 1. The second-order valence-electron chi connectivity index (χ2n) is 7.44. The minimum Gasteiger partial charge on any atom is -0.503 e. The fourth-order valence-electron chi connectivity index (χ4n) is 3.90. The predicted molar refractivity (Wildman–Crippen MR) is 125 cm³/mol. The molecule has 8 heteroatoms.